The van der Waals surface area contributed by atoms with Crippen molar-refractivity contribution in [2.75, 3.05) is 17.7 Å². The van der Waals surface area contributed by atoms with Crippen molar-refractivity contribution < 1.29 is 13.6 Å². The molecule has 0 aliphatic carbocycles. The predicted octanol–water partition coefficient (Wildman–Crippen LogP) is 3.26. The Labute approximate surface area is 109 Å². The minimum absolute atomic E-state index is 0.314. The third kappa shape index (κ3) is 2.88. The van der Waals surface area contributed by atoms with E-state index in [9.17, 15) is 13.6 Å². The summed E-state index contributed by atoms with van der Waals surface area (Å²) in [5.74, 6) is -2.18. The van der Waals surface area contributed by atoms with Crippen LogP contribution in [0.5, 0.6) is 0 Å². The number of halogens is 2. The average Bonchev–Trinajstić information content (AvgIpc) is 2.43. The molecule has 2 rings (SSSR count). The van der Waals surface area contributed by atoms with Gasteiger partial charge in [0.05, 0.1) is 0 Å². The predicted molar refractivity (Wildman–Crippen MR) is 70.3 cm³/mol. The van der Waals surface area contributed by atoms with E-state index >= 15 is 0 Å². The molecule has 0 saturated heterocycles. The summed E-state index contributed by atoms with van der Waals surface area (Å²) in [5, 5.41) is 5.11. The monoisotopic (exact) mass is 262 g/mol. The lowest BCUT2D eigenvalue weighted by atomic mass is 10.2. The van der Waals surface area contributed by atoms with E-state index in [-0.39, 0.29) is 0 Å². The van der Waals surface area contributed by atoms with Gasteiger partial charge in [-0.1, -0.05) is 12.1 Å². The average molecular weight is 262 g/mol. The van der Waals surface area contributed by atoms with Crippen molar-refractivity contribution >= 4 is 17.3 Å². The zero-order valence-corrected chi connectivity index (χ0v) is 10.2. The summed E-state index contributed by atoms with van der Waals surface area (Å²) in [6.07, 6.45) is 0. The first-order valence-electron chi connectivity index (χ1n) is 5.65. The summed E-state index contributed by atoms with van der Waals surface area (Å²) < 4.78 is 26.8. The third-order valence-electron chi connectivity index (χ3n) is 2.61. The van der Waals surface area contributed by atoms with Gasteiger partial charge in [0, 0.05) is 18.3 Å². The van der Waals surface area contributed by atoms with E-state index < -0.39 is 23.2 Å². The Kier molecular flexibility index (Phi) is 3.75. The molecule has 0 unspecified atom stereocenters. The van der Waals surface area contributed by atoms with Crippen LogP contribution in [-0.4, -0.2) is 13.0 Å². The first-order chi connectivity index (χ1) is 9.11. The fourth-order valence-electron chi connectivity index (χ4n) is 1.62. The SMILES string of the molecule is CNc1cccc(C(=O)Nc2c(F)cccc2F)c1. The Bertz CT molecular complexity index is 594. The van der Waals surface area contributed by atoms with Crippen LogP contribution in [0.2, 0.25) is 0 Å². The molecular weight excluding hydrogens is 250 g/mol. The number of para-hydroxylation sites is 1. The number of nitrogens with one attached hydrogen (secondary N) is 2. The summed E-state index contributed by atoms with van der Waals surface area (Å²) in [5.41, 5.74) is 0.610. The smallest absolute Gasteiger partial charge is 0.255 e. The van der Waals surface area contributed by atoms with Gasteiger partial charge >= 0.3 is 0 Å². The van der Waals surface area contributed by atoms with Gasteiger partial charge in [0.1, 0.15) is 17.3 Å². The molecule has 2 N–H and O–H groups in total. The van der Waals surface area contributed by atoms with Crippen molar-refractivity contribution in [1.82, 2.24) is 0 Å². The number of carbonyl (C=O) groups excluding carboxylic acids is 1. The molecule has 2 aromatic rings. The number of hydrogen-bond donors (Lipinski definition) is 2. The van der Waals surface area contributed by atoms with Gasteiger partial charge in [-0.15, -0.1) is 0 Å². The van der Waals surface area contributed by atoms with Gasteiger partial charge in [-0.3, -0.25) is 4.79 Å². The fourth-order valence-corrected chi connectivity index (χ4v) is 1.62. The second-order valence-electron chi connectivity index (χ2n) is 3.88. The second kappa shape index (κ2) is 5.48. The molecule has 0 bridgehead atoms. The molecule has 1 amide bonds. The van der Waals surface area contributed by atoms with Gasteiger partial charge in [-0.2, -0.15) is 0 Å². The van der Waals surface area contributed by atoms with E-state index in [1.54, 1.807) is 31.3 Å². The largest absolute Gasteiger partial charge is 0.388 e. The van der Waals surface area contributed by atoms with Gasteiger partial charge in [-0.25, -0.2) is 8.78 Å². The summed E-state index contributed by atoms with van der Waals surface area (Å²) >= 11 is 0. The Morgan fingerprint density at radius 2 is 1.68 bits per heavy atom. The van der Waals surface area contributed by atoms with Gasteiger partial charge in [-0.05, 0) is 30.3 Å². The molecular formula is C14H12F2N2O. The number of carbonyl (C=O) groups is 1. The molecule has 0 saturated carbocycles. The highest BCUT2D eigenvalue weighted by atomic mass is 19.1. The van der Waals surface area contributed by atoms with E-state index in [1.807, 2.05) is 0 Å². The molecule has 19 heavy (non-hydrogen) atoms. The molecule has 0 aromatic heterocycles. The molecule has 0 fully saturated rings. The molecule has 0 aliphatic heterocycles. The maximum Gasteiger partial charge on any atom is 0.255 e. The Morgan fingerprint density at radius 1 is 1.05 bits per heavy atom. The first kappa shape index (κ1) is 13.0. The van der Waals surface area contributed by atoms with Crippen molar-refractivity contribution in [1.29, 1.82) is 0 Å². The second-order valence-corrected chi connectivity index (χ2v) is 3.88. The summed E-state index contributed by atoms with van der Waals surface area (Å²) in [6, 6.07) is 10.0. The fraction of sp³-hybridized carbons (Fsp3) is 0.0714. The number of amides is 1. The van der Waals surface area contributed by atoms with Gasteiger partial charge in [0.15, 0.2) is 0 Å². The van der Waals surface area contributed by atoms with E-state index in [0.29, 0.717) is 5.56 Å². The molecule has 2 aromatic carbocycles. The quantitative estimate of drug-likeness (QED) is 0.891. The highest BCUT2D eigenvalue weighted by molar-refractivity contribution is 6.04. The van der Waals surface area contributed by atoms with Crippen molar-refractivity contribution in [3.63, 3.8) is 0 Å². The number of benzene rings is 2. The number of hydrogen-bond acceptors (Lipinski definition) is 2. The van der Waals surface area contributed by atoms with Crippen LogP contribution in [-0.2, 0) is 0 Å². The highest BCUT2D eigenvalue weighted by Crippen LogP contribution is 2.19. The first-order valence-corrected chi connectivity index (χ1v) is 5.65. The molecule has 0 radical (unpaired) electrons. The number of rotatable bonds is 3. The van der Waals surface area contributed by atoms with Crippen molar-refractivity contribution in [3.8, 4) is 0 Å². The van der Waals surface area contributed by atoms with E-state index in [2.05, 4.69) is 10.6 Å². The number of anilines is 2. The van der Waals surface area contributed by atoms with Crippen LogP contribution in [0.1, 0.15) is 10.4 Å². The third-order valence-corrected chi connectivity index (χ3v) is 2.61. The lowest BCUT2D eigenvalue weighted by Crippen LogP contribution is -2.14. The minimum Gasteiger partial charge on any atom is -0.388 e. The molecule has 0 spiro atoms. The normalized spacial score (nSPS) is 10.1. The zero-order valence-electron chi connectivity index (χ0n) is 10.2. The van der Waals surface area contributed by atoms with Crippen molar-refractivity contribution in [2.45, 2.75) is 0 Å². The lowest BCUT2D eigenvalue weighted by Gasteiger charge is -2.08. The van der Waals surface area contributed by atoms with Crippen LogP contribution in [0.15, 0.2) is 42.5 Å². The summed E-state index contributed by atoms with van der Waals surface area (Å²) in [4.78, 5) is 11.9. The maximum absolute atomic E-state index is 13.4. The summed E-state index contributed by atoms with van der Waals surface area (Å²) in [7, 11) is 1.72. The van der Waals surface area contributed by atoms with Gasteiger partial charge in [0.2, 0.25) is 0 Å². The van der Waals surface area contributed by atoms with Crippen LogP contribution in [0.3, 0.4) is 0 Å². The van der Waals surface area contributed by atoms with Crippen molar-refractivity contribution in [3.05, 3.63) is 59.7 Å². The Balaban J connectivity index is 2.25. The van der Waals surface area contributed by atoms with Gasteiger partial charge < -0.3 is 10.6 Å². The van der Waals surface area contributed by atoms with Crippen molar-refractivity contribution in [2.24, 2.45) is 0 Å². The molecule has 98 valence electrons. The molecule has 5 heteroatoms. The van der Waals surface area contributed by atoms with Crippen LogP contribution in [0.25, 0.3) is 0 Å². The molecule has 0 heterocycles. The Hall–Kier alpha value is -2.43. The topological polar surface area (TPSA) is 41.1 Å². The van der Waals surface area contributed by atoms with E-state index in [4.69, 9.17) is 0 Å². The van der Waals surface area contributed by atoms with Crippen LogP contribution in [0, 0.1) is 11.6 Å². The standard InChI is InChI=1S/C14H12F2N2O/c1-17-10-5-2-4-9(8-10)14(19)18-13-11(15)6-3-7-12(13)16/h2-8,17H,1H3,(H,18,19). The van der Waals surface area contributed by atoms with E-state index in [0.717, 1.165) is 17.8 Å². The molecule has 0 atom stereocenters. The Morgan fingerprint density at radius 3 is 2.32 bits per heavy atom. The van der Waals surface area contributed by atoms with Crippen LogP contribution >= 0.6 is 0 Å². The summed E-state index contributed by atoms with van der Waals surface area (Å²) in [6.45, 7) is 0. The lowest BCUT2D eigenvalue weighted by molar-refractivity contribution is 0.102. The zero-order chi connectivity index (χ0) is 13.8. The molecule has 0 aliphatic rings. The van der Waals surface area contributed by atoms with Crippen LogP contribution in [0.4, 0.5) is 20.2 Å². The highest BCUT2D eigenvalue weighted by Gasteiger charge is 2.13. The van der Waals surface area contributed by atoms with Gasteiger partial charge in [0.25, 0.3) is 5.91 Å². The van der Waals surface area contributed by atoms with Crippen LogP contribution < -0.4 is 10.6 Å². The maximum atomic E-state index is 13.4. The molecule has 3 nitrogen and oxygen atoms in total. The van der Waals surface area contributed by atoms with E-state index in [1.165, 1.54) is 6.07 Å². The minimum atomic E-state index is -0.807.